The molecule has 0 aliphatic heterocycles. The van der Waals surface area contributed by atoms with E-state index < -0.39 is 0 Å². The summed E-state index contributed by atoms with van der Waals surface area (Å²) in [5, 5.41) is 0. The number of aryl methyl sites for hydroxylation is 2. The number of aromatic nitrogens is 2. The van der Waals surface area contributed by atoms with Gasteiger partial charge < -0.3 is 18.9 Å². The van der Waals surface area contributed by atoms with Gasteiger partial charge >= 0.3 is 11.9 Å². The van der Waals surface area contributed by atoms with Crippen molar-refractivity contribution in [3.8, 4) is 0 Å². The highest BCUT2D eigenvalue weighted by atomic mass is 16.5. The molecule has 0 saturated heterocycles. The molecule has 394 valence electrons. The van der Waals surface area contributed by atoms with Crippen LogP contribution in [0.25, 0.3) is 0 Å². The van der Waals surface area contributed by atoms with Crippen LogP contribution in [0.1, 0.15) is 303 Å². The molecule has 0 aromatic carbocycles. The molecule has 1 aromatic heterocycles. The number of imidazole rings is 1. The van der Waals surface area contributed by atoms with Gasteiger partial charge in [0.1, 0.15) is 5.82 Å². The standard InChI is InChI=1S/C60H115N3O4/c1-6-10-14-18-22-25-29-35-44-57(42-33-27-21-17-13-9-4)54-66-59(64)46-37-31-39-49-62(51-41-52-63-53-48-61-56(63)5)50-40-32-38-47-60(65)67-55-58(43-34-28-24-20-16-12-8-3)45-36-30-26-23-19-15-11-7-2/h48,53,57-58H,6-47,49-52,54-55H2,1-5H3. The van der Waals surface area contributed by atoms with Gasteiger partial charge in [0.05, 0.1) is 13.2 Å². The molecule has 0 spiro atoms. The van der Waals surface area contributed by atoms with Gasteiger partial charge in [-0.25, -0.2) is 4.98 Å². The van der Waals surface area contributed by atoms with Gasteiger partial charge in [0, 0.05) is 31.8 Å². The van der Waals surface area contributed by atoms with Gasteiger partial charge in [0.2, 0.25) is 0 Å². The van der Waals surface area contributed by atoms with Crippen LogP contribution in [0, 0.1) is 18.8 Å². The maximum Gasteiger partial charge on any atom is 0.305 e. The van der Waals surface area contributed by atoms with E-state index in [-0.39, 0.29) is 11.9 Å². The van der Waals surface area contributed by atoms with Crippen molar-refractivity contribution in [1.82, 2.24) is 14.5 Å². The van der Waals surface area contributed by atoms with Crippen molar-refractivity contribution in [1.29, 1.82) is 0 Å². The second-order valence-corrected chi connectivity index (χ2v) is 21.1. The third-order valence-corrected chi connectivity index (χ3v) is 14.6. The van der Waals surface area contributed by atoms with Gasteiger partial charge in [-0.15, -0.1) is 0 Å². The summed E-state index contributed by atoms with van der Waals surface area (Å²) in [6.07, 6.45) is 55.9. The Morgan fingerprint density at radius 2 is 0.761 bits per heavy atom. The van der Waals surface area contributed by atoms with Gasteiger partial charge in [0.25, 0.3) is 0 Å². The van der Waals surface area contributed by atoms with Crippen molar-refractivity contribution >= 4 is 11.9 Å². The fourth-order valence-corrected chi connectivity index (χ4v) is 9.93. The molecule has 0 aliphatic carbocycles. The lowest BCUT2D eigenvalue weighted by Gasteiger charge is -2.22. The fraction of sp³-hybridized carbons (Fsp3) is 0.917. The molecular weight excluding hydrogens is 827 g/mol. The number of nitrogens with zero attached hydrogens (tertiary/aromatic N) is 3. The summed E-state index contributed by atoms with van der Waals surface area (Å²) in [4.78, 5) is 32.9. The Hall–Kier alpha value is -1.89. The van der Waals surface area contributed by atoms with Gasteiger partial charge in [-0.1, -0.05) is 227 Å². The summed E-state index contributed by atoms with van der Waals surface area (Å²) in [5.74, 6) is 2.12. The number of carbonyl (C=O) groups is 2. The van der Waals surface area contributed by atoms with Crippen molar-refractivity contribution in [3.63, 3.8) is 0 Å². The average molecular weight is 943 g/mol. The quantitative estimate of drug-likeness (QED) is 0.0479. The highest BCUT2D eigenvalue weighted by molar-refractivity contribution is 5.69. The van der Waals surface area contributed by atoms with E-state index in [2.05, 4.69) is 55.3 Å². The number of unbranched alkanes of at least 4 members (excludes halogenated alkanes) is 29. The van der Waals surface area contributed by atoms with E-state index in [0.717, 1.165) is 76.9 Å². The number of ether oxygens (including phenoxy) is 2. The van der Waals surface area contributed by atoms with Gasteiger partial charge in [-0.05, 0) is 96.2 Å². The zero-order valence-electron chi connectivity index (χ0n) is 45.7. The molecule has 1 heterocycles. The number of hydrogen-bond donors (Lipinski definition) is 0. The van der Waals surface area contributed by atoms with Crippen molar-refractivity contribution < 1.29 is 19.1 Å². The lowest BCUT2D eigenvalue weighted by Crippen LogP contribution is -2.28. The first kappa shape index (κ1) is 63.1. The van der Waals surface area contributed by atoms with Crippen LogP contribution < -0.4 is 0 Å². The summed E-state index contributed by atoms with van der Waals surface area (Å²) in [5.41, 5.74) is 0. The molecule has 1 aromatic rings. The van der Waals surface area contributed by atoms with Crippen LogP contribution in [-0.2, 0) is 25.6 Å². The predicted molar refractivity (Wildman–Crippen MR) is 289 cm³/mol. The Morgan fingerprint density at radius 1 is 0.448 bits per heavy atom. The molecule has 67 heavy (non-hydrogen) atoms. The lowest BCUT2D eigenvalue weighted by molar-refractivity contribution is -0.146. The van der Waals surface area contributed by atoms with E-state index in [0.29, 0.717) is 37.9 Å². The Kier molecular flexibility index (Phi) is 46.3. The zero-order chi connectivity index (χ0) is 48.5. The molecule has 0 N–H and O–H groups in total. The molecule has 0 fully saturated rings. The van der Waals surface area contributed by atoms with Crippen LogP contribution in [0.4, 0.5) is 0 Å². The maximum atomic E-state index is 12.9. The maximum absolute atomic E-state index is 12.9. The second kappa shape index (κ2) is 49.1. The smallest absolute Gasteiger partial charge is 0.305 e. The molecule has 0 aliphatic rings. The van der Waals surface area contributed by atoms with Crippen LogP contribution in [0.15, 0.2) is 12.4 Å². The molecular formula is C60H115N3O4. The SMILES string of the molecule is CCCCCCCCCCC(CCCCCCCC)COC(=O)CCCCCN(CCCCCC(=O)OCC(CCCCCCCCC)CCCCCCCCCC)CCCn1ccnc1C. The van der Waals surface area contributed by atoms with Gasteiger partial charge in [0.15, 0.2) is 0 Å². The van der Waals surface area contributed by atoms with E-state index in [9.17, 15) is 9.59 Å². The van der Waals surface area contributed by atoms with E-state index in [1.165, 1.54) is 212 Å². The minimum absolute atomic E-state index is 0.00198. The Morgan fingerprint density at radius 3 is 1.09 bits per heavy atom. The largest absolute Gasteiger partial charge is 0.465 e. The van der Waals surface area contributed by atoms with Crippen LogP contribution in [0.2, 0.25) is 0 Å². The van der Waals surface area contributed by atoms with Crippen LogP contribution >= 0.6 is 0 Å². The fourth-order valence-electron chi connectivity index (χ4n) is 9.93. The number of carbonyl (C=O) groups excluding carboxylic acids is 2. The summed E-state index contributed by atoms with van der Waals surface area (Å²) in [7, 11) is 0. The first-order valence-corrected chi connectivity index (χ1v) is 29.9. The molecule has 7 nitrogen and oxygen atoms in total. The van der Waals surface area contributed by atoms with Crippen LogP contribution in [-0.4, -0.2) is 59.2 Å². The third-order valence-electron chi connectivity index (χ3n) is 14.6. The Balaban J connectivity index is 2.48. The van der Waals surface area contributed by atoms with Crippen molar-refractivity contribution in [2.45, 2.75) is 311 Å². The predicted octanol–water partition coefficient (Wildman–Crippen LogP) is 18.3. The zero-order valence-corrected chi connectivity index (χ0v) is 45.7. The van der Waals surface area contributed by atoms with Crippen LogP contribution in [0.5, 0.6) is 0 Å². The first-order valence-electron chi connectivity index (χ1n) is 29.9. The topological polar surface area (TPSA) is 73.7 Å². The molecule has 0 amide bonds. The minimum Gasteiger partial charge on any atom is -0.465 e. The summed E-state index contributed by atoms with van der Waals surface area (Å²) in [6, 6.07) is 0. The van der Waals surface area contributed by atoms with Crippen molar-refractivity contribution in [2.24, 2.45) is 11.8 Å². The van der Waals surface area contributed by atoms with Gasteiger partial charge in [-0.3, -0.25) is 9.59 Å². The molecule has 1 rings (SSSR count). The Labute approximate surface area is 417 Å². The summed E-state index contributed by atoms with van der Waals surface area (Å²) >= 11 is 0. The van der Waals surface area contributed by atoms with Crippen LogP contribution in [0.3, 0.4) is 0 Å². The first-order chi connectivity index (χ1) is 32.9. The lowest BCUT2D eigenvalue weighted by atomic mass is 9.94. The monoisotopic (exact) mass is 942 g/mol. The van der Waals surface area contributed by atoms with E-state index in [1.807, 2.05) is 6.20 Å². The highest BCUT2D eigenvalue weighted by Crippen LogP contribution is 2.23. The molecule has 7 heteroatoms. The van der Waals surface area contributed by atoms with Crippen molar-refractivity contribution in [2.75, 3.05) is 32.8 Å². The number of rotatable bonds is 53. The van der Waals surface area contributed by atoms with E-state index in [4.69, 9.17) is 9.47 Å². The minimum atomic E-state index is 0.00198. The number of hydrogen-bond acceptors (Lipinski definition) is 6. The Bertz CT molecular complexity index is 1190. The van der Waals surface area contributed by atoms with E-state index in [1.54, 1.807) is 0 Å². The summed E-state index contributed by atoms with van der Waals surface area (Å²) < 4.78 is 14.2. The molecule has 0 bridgehead atoms. The average Bonchev–Trinajstić information content (AvgIpc) is 3.74. The molecule has 0 radical (unpaired) electrons. The summed E-state index contributed by atoms with van der Waals surface area (Å²) in [6.45, 7) is 16.6. The second-order valence-electron chi connectivity index (χ2n) is 21.1. The third kappa shape index (κ3) is 41.6. The number of esters is 2. The molecule has 0 saturated carbocycles. The molecule has 2 atom stereocenters. The highest BCUT2D eigenvalue weighted by Gasteiger charge is 2.15. The van der Waals surface area contributed by atoms with E-state index >= 15 is 0 Å². The molecule has 2 unspecified atom stereocenters. The van der Waals surface area contributed by atoms with Crippen molar-refractivity contribution in [3.05, 3.63) is 18.2 Å². The van der Waals surface area contributed by atoms with Gasteiger partial charge in [-0.2, -0.15) is 0 Å². The normalized spacial score (nSPS) is 12.6.